The van der Waals surface area contributed by atoms with E-state index >= 15 is 0 Å². The summed E-state index contributed by atoms with van der Waals surface area (Å²) in [4.78, 5) is 23.9. The Hall–Kier alpha value is -4.33. The van der Waals surface area contributed by atoms with E-state index in [-0.39, 0.29) is 6.54 Å². The molecule has 0 aromatic heterocycles. The van der Waals surface area contributed by atoms with Crippen molar-refractivity contribution >= 4 is 18.0 Å². The Morgan fingerprint density at radius 1 is 0.853 bits per heavy atom. The van der Waals surface area contributed by atoms with Crippen LogP contribution in [0.5, 0.6) is 17.2 Å². The maximum atomic E-state index is 12.0. The van der Waals surface area contributed by atoms with Crippen LogP contribution in [0.4, 0.5) is 0 Å². The van der Waals surface area contributed by atoms with Gasteiger partial charge in [0.25, 0.3) is 0 Å². The van der Waals surface area contributed by atoms with Crippen molar-refractivity contribution < 1.29 is 23.8 Å². The predicted octanol–water partition coefficient (Wildman–Crippen LogP) is 3.09. The summed E-state index contributed by atoms with van der Waals surface area (Å²) in [5, 5.41) is 6.40. The van der Waals surface area contributed by atoms with Crippen molar-refractivity contribution in [1.82, 2.24) is 10.7 Å². The molecular formula is C26H27N3O5. The van der Waals surface area contributed by atoms with E-state index in [0.29, 0.717) is 24.5 Å². The molecule has 0 fully saturated rings. The Morgan fingerprint density at radius 3 is 2.29 bits per heavy atom. The van der Waals surface area contributed by atoms with Gasteiger partial charge in [0.05, 0.1) is 20.4 Å². The maximum Gasteiger partial charge on any atom is 0.329 e. The van der Waals surface area contributed by atoms with Gasteiger partial charge in [0, 0.05) is 6.54 Å². The molecule has 0 saturated carbocycles. The summed E-state index contributed by atoms with van der Waals surface area (Å²) in [6.45, 7) is 0.765. The maximum absolute atomic E-state index is 12.0. The first-order chi connectivity index (χ1) is 16.6. The van der Waals surface area contributed by atoms with Crippen LogP contribution in [0.3, 0.4) is 0 Å². The van der Waals surface area contributed by atoms with Crippen LogP contribution in [0.1, 0.15) is 16.7 Å². The van der Waals surface area contributed by atoms with Crippen LogP contribution < -0.4 is 25.0 Å². The second-order valence-electron chi connectivity index (χ2n) is 7.24. The molecule has 2 amide bonds. The molecule has 2 N–H and O–H groups in total. The monoisotopic (exact) mass is 461 g/mol. The molecule has 8 nitrogen and oxygen atoms in total. The topological polar surface area (TPSA) is 98.2 Å². The van der Waals surface area contributed by atoms with Gasteiger partial charge in [0.1, 0.15) is 12.4 Å². The minimum Gasteiger partial charge on any atom is -0.493 e. The lowest BCUT2D eigenvalue weighted by atomic mass is 10.1. The van der Waals surface area contributed by atoms with Crippen molar-refractivity contribution in [2.24, 2.45) is 5.10 Å². The molecule has 0 atom stereocenters. The fourth-order valence-electron chi connectivity index (χ4n) is 3.04. The number of hydrazone groups is 1. The zero-order valence-electron chi connectivity index (χ0n) is 19.1. The van der Waals surface area contributed by atoms with Crippen molar-refractivity contribution in [2.75, 3.05) is 20.8 Å². The molecule has 3 aromatic rings. The van der Waals surface area contributed by atoms with E-state index in [2.05, 4.69) is 15.8 Å². The molecule has 0 aliphatic carbocycles. The Morgan fingerprint density at radius 2 is 1.59 bits per heavy atom. The number of hydrogen-bond acceptors (Lipinski definition) is 6. The molecule has 0 heterocycles. The minimum atomic E-state index is -0.841. The largest absolute Gasteiger partial charge is 0.493 e. The Kier molecular flexibility index (Phi) is 9.04. The van der Waals surface area contributed by atoms with E-state index in [1.807, 2.05) is 54.6 Å². The highest BCUT2D eigenvalue weighted by atomic mass is 16.5. The number of hydrogen-bond donors (Lipinski definition) is 2. The molecule has 3 rings (SSSR count). The third-order valence-corrected chi connectivity index (χ3v) is 4.86. The van der Waals surface area contributed by atoms with Gasteiger partial charge in [-0.2, -0.15) is 5.10 Å². The lowest BCUT2D eigenvalue weighted by molar-refractivity contribution is -0.139. The lowest BCUT2D eigenvalue weighted by Gasteiger charge is -2.10. The van der Waals surface area contributed by atoms with Crippen LogP contribution >= 0.6 is 0 Å². The van der Waals surface area contributed by atoms with Gasteiger partial charge in [-0.3, -0.25) is 9.59 Å². The molecular weight excluding hydrogens is 434 g/mol. The van der Waals surface area contributed by atoms with Crippen molar-refractivity contribution in [3.8, 4) is 17.2 Å². The van der Waals surface area contributed by atoms with Gasteiger partial charge in [-0.1, -0.05) is 36.4 Å². The average Bonchev–Trinajstić information content (AvgIpc) is 2.88. The highest BCUT2D eigenvalue weighted by molar-refractivity contribution is 6.35. The predicted molar refractivity (Wildman–Crippen MR) is 129 cm³/mol. The van der Waals surface area contributed by atoms with Gasteiger partial charge < -0.3 is 19.5 Å². The molecule has 3 aromatic carbocycles. The van der Waals surface area contributed by atoms with Crippen molar-refractivity contribution in [2.45, 2.75) is 13.0 Å². The highest BCUT2D eigenvalue weighted by Crippen LogP contribution is 2.27. The third-order valence-electron chi connectivity index (χ3n) is 4.86. The fraction of sp³-hybridized carbons (Fsp3) is 0.192. The van der Waals surface area contributed by atoms with Gasteiger partial charge in [-0.15, -0.1) is 0 Å². The lowest BCUT2D eigenvalue weighted by Crippen LogP contribution is -2.38. The van der Waals surface area contributed by atoms with E-state index in [4.69, 9.17) is 14.2 Å². The summed E-state index contributed by atoms with van der Waals surface area (Å²) < 4.78 is 16.2. The number of carbonyl (C=O) groups excluding carboxylic acids is 2. The van der Waals surface area contributed by atoms with Crippen LogP contribution in [0.15, 0.2) is 77.9 Å². The van der Waals surface area contributed by atoms with Gasteiger partial charge in [0.2, 0.25) is 0 Å². The summed E-state index contributed by atoms with van der Waals surface area (Å²) in [7, 11) is 3.12. The SMILES string of the molecule is COc1ccc(CCNC(=O)C(=O)N/N=C/c2ccc(OCc3ccccc3)cc2)cc1OC. The van der Waals surface area contributed by atoms with Gasteiger partial charge >= 0.3 is 11.8 Å². The number of nitrogens with zero attached hydrogens (tertiary/aromatic N) is 1. The van der Waals surface area contributed by atoms with Crippen LogP contribution in [0, 0.1) is 0 Å². The Balaban J connectivity index is 1.39. The van der Waals surface area contributed by atoms with Gasteiger partial charge in [-0.05, 0) is 59.5 Å². The van der Waals surface area contributed by atoms with Crippen LogP contribution in [0.2, 0.25) is 0 Å². The highest BCUT2D eigenvalue weighted by Gasteiger charge is 2.12. The number of amides is 2. The first kappa shape index (κ1) is 24.3. The van der Waals surface area contributed by atoms with Crippen LogP contribution in [-0.2, 0) is 22.6 Å². The van der Waals surface area contributed by atoms with Crippen LogP contribution in [0.25, 0.3) is 0 Å². The summed E-state index contributed by atoms with van der Waals surface area (Å²) >= 11 is 0. The van der Waals surface area contributed by atoms with E-state index in [9.17, 15) is 9.59 Å². The second kappa shape index (κ2) is 12.6. The normalized spacial score (nSPS) is 10.5. The smallest absolute Gasteiger partial charge is 0.329 e. The molecule has 0 spiro atoms. The summed E-state index contributed by atoms with van der Waals surface area (Å²) in [6.07, 6.45) is 1.98. The number of carbonyl (C=O) groups is 2. The molecule has 0 aliphatic heterocycles. The molecule has 8 heteroatoms. The second-order valence-corrected chi connectivity index (χ2v) is 7.24. The summed E-state index contributed by atoms with van der Waals surface area (Å²) in [5.74, 6) is 0.351. The molecule has 0 unspecified atom stereocenters. The van der Waals surface area contributed by atoms with Gasteiger partial charge in [-0.25, -0.2) is 5.43 Å². The molecule has 176 valence electrons. The third kappa shape index (κ3) is 7.37. The number of nitrogens with one attached hydrogen (secondary N) is 2. The number of benzene rings is 3. The minimum absolute atomic E-state index is 0.288. The van der Waals surface area contributed by atoms with E-state index in [1.54, 1.807) is 32.4 Å². The first-order valence-electron chi connectivity index (χ1n) is 10.7. The van der Waals surface area contributed by atoms with Gasteiger partial charge in [0.15, 0.2) is 11.5 Å². The molecule has 0 aliphatic rings. The molecule has 0 bridgehead atoms. The molecule has 34 heavy (non-hydrogen) atoms. The zero-order valence-corrected chi connectivity index (χ0v) is 19.1. The number of ether oxygens (including phenoxy) is 3. The standard InChI is InChI=1S/C26H27N3O5/c1-32-23-13-10-19(16-24(23)33-2)14-15-27-25(30)26(31)29-28-17-20-8-11-22(12-9-20)34-18-21-6-4-3-5-7-21/h3-13,16-17H,14-15,18H2,1-2H3,(H,27,30)(H,29,31)/b28-17+. The molecule has 0 radical (unpaired) electrons. The van der Waals surface area contributed by atoms with Crippen LogP contribution in [-0.4, -0.2) is 38.8 Å². The van der Waals surface area contributed by atoms with Crippen molar-refractivity contribution in [3.05, 3.63) is 89.5 Å². The quantitative estimate of drug-likeness (QED) is 0.275. The average molecular weight is 462 g/mol. The molecule has 0 saturated heterocycles. The Bertz CT molecular complexity index is 1120. The fourth-order valence-corrected chi connectivity index (χ4v) is 3.04. The zero-order chi connectivity index (χ0) is 24.2. The number of rotatable bonds is 10. The van der Waals surface area contributed by atoms with E-state index in [0.717, 1.165) is 22.4 Å². The number of methoxy groups -OCH3 is 2. The van der Waals surface area contributed by atoms with Crippen molar-refractivity contribution in [1.29, 1.82) is 0 Å². The van der Waals surface area contributed by atoms with E-state index in [1.165, 1.54) is 6.21 Å². The van der Waals surface area contributed by atoms with Crippen molar-refractivity contribution in [3.63, 3.8) is 0 Å². The summed E-state index contributed by atoms with van der Waals surface area (Å²) in [6, 6.07) is 22.6. The van der Waals surface area contributed by atoms with E-state index < -0.39 is 11.8 Å². The Labute approximate surface area is 198 Å². The summed E-state index contributed by atoms with van der Waals surface area (Å²) in [5.41, 5.74) is 4.99. The first-order valence-corrected chi connectivity index (χ1v) is 10.7.